The number of nitrogen functional groups attached to an aromatic ring is 1. The summed E-state index contributed by atoms with van der Waals surface area (Å²) >= 11 is 6.95. The number of benzene rings is 2. The van der Waals surface area contributed by atoms with Gasteiger partial charge in [-0.05, 0) is 60.5 Å². The molecule has 2 N–H and O–H groups in total. The van der Waals surface area contributed by atoms with Crippen LogP contribution in [0.5, 0.6) is 5.75 Å². The Labute approximate surface area is 143 Å². The van der Waals surface area contributed by atoms with Crippen LogP contribution in [0.25, 0.3) is 0 Å². The molecule has 2 rings (SSSR count). The van der Waals surface area contributed by atoms with Gasteiger partial charge in [-0.2, -0.15) is 0 Å². The van der Waals surface area contributed by atoms with Gasteiger partial charge in [-0.3, -0.25) is 0 Å². The second-order valence-corrected chi connectivity index (χ2v) is 7.76. The van der Waals surface area contributed by atoms with E-state index in [-0.39, 0.29) is 5.41 Å². The third kappa shape index (κ3) is 4.24. The number of hydrogen-bond donors (Lipinski definition) is 1. The zero-order valence-electron chi connectivity index (χ0n) is 12.4. The van der Waals surface area contributed by atoms with Crippen LogP contribution in [0, 0.1) is 0 Å². The molecule has 2 aromatic carbocycles. The van der Waals surface area contributed by atoms with Crippen LogP contribution in [0.2, 0.25) is 0 Å². The minimum atomic E-state index is 0.169. The van der Waals surface area contributed by atoms with Gasteiger partial charge in [-0.15, -0.1) is 0 Å². The molecule has 21 heavy (non-hydrogen) atoms. The maximum Gasteiger partial charge on any atom is 0.148 e. The highest BCUT2D eigenvalue weighted by Gasteiger charge is 2.13. The zero-order chi connectivity index (χ0) is 15.6. The molecule has 0 bridgehead atoms. The van der Waals surface area contributed by atoms with Crippen LogP contribution in [0.4, 0.5) is 5.69 Å². The maximum absolute atomic E-state index is 5.88. The van der Waals surface area contributed by atoms with Gasteiger partial charge in [0.2, 0.25) is 0 Å². The van der Waals surface area contributed by atoms with E-state index in [0.717, 1.165) is 20.3 Å². The van der Waals surface area contributed by atoms with Gasteiger partial charge in [0.1, 0.15) is 12.4 Å². The Balaban J connectivity index is 2.10. The first-order valence-electron chi connectivity index (χ1n) is 6.74. The van der Waals surface area contributed by atoms with Crippen molar-refractivity contribution in [2.24, 2.45) is 0 Å². The van der Waals surface area contributed by atoms with E-state index >= 15 is 0 Å². The predicted molar refractivity (Wildman–Crippen MR) is 95.7 cm³/mol. The summed E-state index contributed by atoms with van der Waals surface area (Å²) in [5.41, 5.74) is 9.09. The van der Waals surface area contributed by atoms with E-state index in [4.69, 9.17) is 10.5 Å². The topological polar surface area (TPSA) is 35.2 Å². The fourth-order valence-electron chi connectivity index (χ4n) is 1.97. The third-order valence-electron chi connectivity index (χ3n) is 3.22. The SMILES string of the molecule is CC(C)(C)c1ccc(COc2c(Br)cc(N)cc2Br)cc1. The van der Waals surface area contributed by atoms with Crippen molar-refractivity contribution in [3.63, 3.8) is 0 Å². The molecule has 0 spiro atoms. The smallest absolute Gasteiger partial charge is 0.148 e. The van der Waals surface area contributed by atoms with Crippen molar-refractivity contribution in [3.05, 3.63) is 56.5 Å². The average Bonchev–Trinajstić information content (AvgIpc) is 2.37. The highest BCUT2D eigenvalue weighted by molar-refractivity contribution is 9.11. The van der Waals surface area contributed by atoms with Gasteiger partial charge in [0.05, 0.1) is 8.95 Å². The van der Waals surface area contributed by atoms with E-state index in [0.29, 0.717) is 12.3 Å². The standard InChI is InChI=1S/C17H19Br2NO/c1-17(2,3)12-6-4-11(5-7-12)10-21-16-14(18)8-13(20)9-15(16)19/h4-9H,10,20H2,1-3H3. The van der Waals surface area contributed by atoms with Crippen molar-refractivity contribution < 1.29 is 4.74 Å². The molecule has 0 amide bonds. The van der Waals surface area contributed by atoms with Crippen LogP contribution in [-0.4, -0.2) is 0 Å². The van der Waals surface area contributed by atoms with E-state index in [1.807, 2.05) is 12.1 Å². The van der Waals surface area contributed by atoms with E-state index < -0.39 is 0 Å². The maximum atomic E-state index is 5.88. The lowest BCUT2D eigenvalue weighted by Crippen LogP contribution is -2.10. The van der Waals surface area contributed by atoms with Crippen molar-refractivity contribution in [2.75, 3.05) is 5.73 Å². The van der Waals surface area contributed by atoms with Crippen LogP contribution in [0.3, 0.4) is 0 Å². The predicted octanol–water partition coefficient (Wildman–Crippen LogP) is 5.67. The highest BCUT2D eigenvalue weighted by atomic mass is 79.9. The van der Waals surface area contributed by atoms with Crippen LogP contribution < -0.4 is 10.5 Å². The van der Waals surface area contributed by atoms with E-state index in [1.165, 1.54) is 5.56 Å². The monoisotopic (exact) mass is 411 g/mol. The lowest BCUT2D eigenvalue weighted by atomic mass is 9.87. The minimum Gasteiger partial charge on any atom is -0.487 e. The van der Waals surface area contributed by atoms with E-state index in [1.54, 1.807) is 0 Å². The molecule has 0 unspecified atom stereocenters. The second-order valence-electron chi connectivity index (χ2n) is 6.05. The molecule has 0 heterocycles. The van der Waals surface area contributed by atoms with Crippen molar-refractivity contribution in [3.8, 4) is 5.75 Å². The van der Waals surface area contributed by atoms with Crippen LogP contribution in [-0.2, 0) is 12.0 Å². The number of anilines is 1. The first-order valence-corrected chi connectivity index (χ1v) is 8.33. The normalized spacial score (nSPS) is 11.5. The molecular formula is C17H19Br2NO. The summed E-state index contributed by atoms with van der Waals surface area (Å²) < 4.78 is 7.58. The quantitative estimate of drug-likeness (QED) is 0.659. The molecule has 112 valence electrons. The Morgan fingerprint density at radius 3 is 2.00 bits per heavy atom. The molecule has 0 saturated heterocycles. The Morgan fingerprint density at radius 1 is 1.00 bits per heavy atom. The van der Waals surface area contributed by atoms with Crippen molar-refractivity contribution >= 4 is 37.5 Å². The summed E-state index contributed by atoms with van der Waals surface area (Å²) in [6.07, 6.45) is 0. The zero-order valence-corrected chi connectivity index (χ0v) is 15.6. The summed E-state index contributed by atoms with van der Waals surface area (Å²) in [7, 11) is 0. The van der Waals surface area contributed by atoms with Crippen molar-refractivity contribution in [1.29, 1.82) is 0 Å². The third-order valence-corrected chi connectivity index (χ3v) is 4.40. The van der Waals surface area contributed by atoms with Gasteiger partial charge < -0.3 is 10.5 Å². The largest absolute Gasteiger partial charge is 0.487 e. The highest BCUT2D eigenvalue weighted by Crippen LogP contribution is 2.36. The second kappa shape index (κ2) is 6.41. The molecule has 4 heteroatoms. The fourth-order valence-corrected chi connectivity index (χ4v) is 3.42. The summed E-state index contributed by atoms with van der Waals surface area (Å²) in [6.45, 7) is 7.15. The molecule has 2 nitrogen and oxygen atoms in total. The van der Waals surface area contributed by atoms with Gasteiger partial charge in [-0.1, -0.05) is 45.0 Å². The fraction of sp³-hybridized carbons (Fsp3) is 0.294. The molecule has 0 saturated carbocycles. The van der Waals surface area contributed by atoms with E-state index in [9.17, 15) is 0 Å². The van der Waals surface area contributed by atoms with Gasteiger partial charge >= 0.3 is 0 Å². The lowest BCUT2D eigenvalue weighted by molar-refractivity contribution is 0.302. The number of hydrogen-bond acceptors (Lipinski definition) is 2. The van der Waals surface area contributed by atoms with Gasteiger partial charge in [0.15, 0.2) is 0 Å². The molecule has 0 fully saturated rings. The van der Waals surface area contributed by atoms with Crippen LogP contribution in [0.15, 0.2) is 45.3 Å². The summed E-state index contributed by atoms with van der Waals surface area (Å²) in [5.74, 6) is 0.768. The van der Waals surface area contributed by atoms with Crippen molar-refractivity contribution in [1.82, 2.24) is 0 Å². The number of halogens is 2. The Hall–Kier alpha value is -1.000. The summed E-state index contributed by atoms with van der Waals surface area (Å²) in [5, 5.41) is 0. The Bertz CT molecular complexity index is 607. The molecular weight excluding hydrogens is 394 g/mol. The van der Waals surface area contributed by atoms with Crippen molar-refractivity contribution in [2.45, 2.75) is 32.8 Å². The molecule has 0 radical (unpaired) electrons. The first-order chi connectivity index (χ1) is 9.77. The lowest BCUT2D eigenvalue weighted by Gasteiger charge is -2.19. The number of ether oxygens (including phenoxy) is 1. The van der Waals surface area contributed by atoms with Gasteiger partial charge in [0, 0.05) is 5.69 Å². The Kier molecular flexibility index (Phi) is 4.99. The van der Waals surface area contributed by atoms with Gasteiger partial charge in [0.25, 0.3) is 0 Å². The number of rotatable bonds is 3. The molecule has 0 aliphatic heterocycles. The molecule has 0 atom stereocenters. The summed E-state index contributed by atoms with van der Waals surface area (Å²) in [6, 6.07) is 12.2. The molecule has 2 aromatic rings. The number of nitrogens with two attached hydrogens (primary N) is 1. The minimum absolute atomic E-state index is 0.169. The Morgan fingerprint density at radius 2 is 1.52 bits per heavy atom. The van der Waals surface area contributed by atoms with E-state index in [2.05, 4.69) is 76.9 Å². The van der Waals surface area contributed by atoms with Gasteiger partial charge in [-0.25, -0.2) is 0 Å². The first kappa shape index (κ1) is 16.4. The van der Waals surface area contributed by atoms with Crippen LogP contribution >= 0.6 is 31.9 Å². The molecule has 0 aromatic heterocycles. The average molecular weight is 413 g/mol. The summed E-state index contributed by atoms with van der Waals surface area (Å²) in [4.78, 5) is 0. The molecule has 0 aliphatic carbocycles. The molecule has 0 aliphatic rings. The van der Waals surface area contributed by atoms with Crippen LogP contribution in [0.1, 0.15) is 31.9 Å².